The number of amides is 1. The number of rotatable bonds is 5. The van der Waals surface area contributed by atoms with Gasteiger partial charge in [-0.2, -0.15) is 5.26 Å². The molecule has 1 aliphatic heterocycles. The molecule has 1 amide bonds. The second-order valence-electron chi connectivity index (χ2n) is 4.67. The lowest BCUT2D eigenvalue weighted by molar-refractivity contribution is -0.117. The topological polar surface area (TPSA) is 56.1 Å². The van der Waals surface area contributed by atoms with Gasteiger partial charge in [-0.25, -0.2) is 0 Å². The normalized spacial score (nSPS) is 17.4. The number of alkyl halides is 1. The van der Waals surface area contributed by atoms with Crippen molar-refractivity contribution >= 4 is 17.5 Å². The molecule has 1 fully saturated rings. The molecule has 0 spiro atoms. The van der Waals surface area contributed by atoms with Crippen molar-refractivity contribution in [3.8, 4) is 6.07 Å². The Labute approximate surface area is 114 Å². The van der Waals surface area contributed by atoms with E-state index in [2.05, 4.69) is 17.1 Å². The highest BCUT2D eigenvalue weighted by atomic mass is 35.5. The van der Waals surface area contributed by atoms with Gasteiger partial charge in [0, 0.05) is 31.7 Å². The van der Waals surface area contributed by atoms with E-state index in [-0.39, 0.29) is 11.5 Å². The maximum atomic E-state index is 11.7. The van der Waals surface area contributed by atoms with E-state index in [9.17, 15) is 4.79 Å². The van der Waals surface area contributed by atoms with Gasteiger partial charge in [-0.3, -0.25) is 4.79 Å². The number of hydrogen-bond donors (Lipinski definition) is 1. The maximum Gasteiger partial charge on any atom is 0.263 e. The Kier molecular flexibility index (Phi) is 6.59. The fourth-order valence-corrected chi connectivity index (χ4v) is 1.98. The molecule has 0 bridgehead atoms. The van der Waals surface area contributed by atoms with Gasteiger partial charge < -0.3 is 10.2 Å². The van der Waals surface area contributed by atoms with Crippen LogP contribution in [-0.2, 0) is 4.79 Å². The summed E-state index contributed by atoms with van der Waals surface area (Å²) in [6, 6.07) is 1.96. The first-order chi connectivity index (χ1) is 8.67. The molecule has 0 aromatic rings. The van der Waals surface area contributed by atoms with Gasteiger partial charge in [0.05, 0.1) is 0 Å². The highest BCUT2D eigenvalue weighted by molar-refractivity contribution is 6.17. The van der Waals surface area contributed by atoms with E-state index < -0.39 is 0 Å². The molecule has 1 N–H and O–H groups in total. The van der Waals surface area contributed by atoms with Crippen LogP contribution < -0.4 is 5.32 Å². The van der Waals surface area contributed by atoms with Gasteiger partial charge in [0.1, 0.15) is 11.6 Å². The lowest BCUT2D eigenvalue weighted by Crippen LogP contribution is -2.31. The Morgan fingerprint density at radius 3 is 2.78 bits per heavy atom. The lowest BCUT2D eigenvalue weighted by Gasteiger charge is -2.29. The summed E-state index contributed by atoms with van der Waals surface area (Å²) in [7, 11) is 0. The van der Waals surface area contributed by atoms with Crippen LogP contribution in [0.1, 0.15) is 26.2 Å². The van der Waals surface area contributed by atoms with Gasteiger partial charge in [-0.1, -0.05) is 6.92 Å². The van der Waals surface area contributed by atoms with Crippen LogP contribution in [0.3, 0.4) is 0 Å². The molecule has 1 saturated heterocycles. The van der Waals surface area contributed by atoms with Crippen LogP contribution in [-0.4, -0.2) is 36.3 Å². The molecule has 4 nitrogen and oxygen atoms in total. The third kappa shape index (κ3) is 4.97. The zero-order valence-corrected chi connectivity index (χ0v) is 11.5. The summed E-state index contributed by atoms with van der Waals surface area (Å²) in [5.74, 6) is 0.939. The molecule has 0 aromatic carbocycles. The van der Waals surface area contributed by atoms with Crippen molar-refractivity contribution in [2.75, 3.05) is 25.5 Å². The minimum absolute atomic E-state index is 0.180. The van der Waals surface area contributed by atoms with E-state index >= 15 is 0 Å². The number of nitriles is 1. The van der Waals surface area contributed by atoms with Crippen LogP contribution in [0.15, 0.2) is 11.8 Å². The minimum Gasteiger partial charge on any atom is -0.376 e. The average molecular weight is 270 g/mol. The van der Waals surface area contributed by atoms with Crippen LogP contribution in [0.25, 0.3) is 0 Å². The molecule has 0 radical (unpaired) electrons. The number of piperidine rings is 1. The van der Waals surface area contributed by atoms with Gasteiger partial charge in [0.2, 0.25) is 0 Å². The van der Waals surface area contributed by atoms with Gasteiger partial charge in [-0.05, 0) is 25.2 Å². The smallest absolute Gasteiger partial charge is 0.263 e. The number of nitrogens with one attached hydrogen (secondary N) is 1. The quantitative estimate of drug-likeness (QED) is 0.359. The molecular weight excluding hydrogens is 250 g/mol. The van der Waals surface area contributed by atoms with Crippen LogP contribution in [0.2, 0.25) is 0 Å². The average Bonchev–Trinajstić information content (AvgIpc) is 2.38. The molecule has 1 rings (SSSR count). The zero-order chi connectivity index (χ0) is 13.4. The fraction of sp³-hybridized carbons (Fsp3) is 0.692. The lowest BCUT2D eigenvalue weighted by atomic mass is 9.99. The van der Waals surface area contributed by atoms with Gasteiger partial charge in [0.25, 0.3) is 5.91 Å². The largest absolute Gasteiger partial charge is 0.376 e. The summed E-state index contributed by atoms with van der Waals surface area (Å²) in [5, 5.41) is 11.7. The van der Waals surface area contributed by atoms with Crippen molar-refractivity contribution in [2.45, 2.75) is 26.2 Å². The van der Waals surface area contributed by atoms with E-state index in [1.807, 2.05) is 6.07 Å². The highest BCUT2D eigenvalue weighted by Crippen LogP contribution is 2.16. The molecule has 0 aliphatic carbocycles. The molecule has 1 aliphatic rings. The summed E-state index contributed by atoms with van der Waals surface area (Å²) in [4.78, 5) is 13.8. The fourth-order valence-electron chi connectivity index (χ4n) is 1.84. The first-order valence-electron chi connectivity index (χ1n) is 6.37. The monoisotopic (exact) mass is 269 g/mol. The second-order valence-corrected chi connectivity index (χ2v) is 5.05. The third-order valence-corrected chi connectivity index (χ3v) is 3.36. The Balaban J connectivity index is 2.49. The van der Waals surface area contributed by atoms with E-state index in [0.29, 0.717) is 18.8 Å². The van der Waals surface area contributed by atoms with Crippen LogP contribution in [0.5, 0.6) is 0 Å². The molecule has 5 heteroatoms. The van der Waals surface area contributed by atoms with E-state index in [0.717, 1.165) is 31.8 Å². The van der Waals surface area contributed by atoms with Crippen molar-refractivity contribution in [1.82, 2.24) is 10.2 Å². The number of carbonyl (C=O) groups is 1. The molecule has 18 heavy (non-hydrogen) atoms. The number of halogens is 1. The Morgan fingerprint density at radius 1 is 1.56 bits per heavy atom. The van der Waals surface area contributed by atoms with Crippen molar-refractivity contribution in [3.05, 3.63) is 11.8 Å². The van der Waals surface area contributed by atoms with Crippen LogP contribution in [0.4, 0.5) is 0 Å². The highest BCUT2D eigenvalue weighted by Gasteiger charge is 2.15. The molecule has 0 atom stereocenters. The number of carbonyl (C=O) groups excluding carboxylic acids is 1. The summed E-state index contributed by atoms with van der Waals surface area (Å²) in [6.45, 7) is 4.58. The molecule has 100 valence electrons. The Bertz CT molecular complexity index is 341. The molecule has 0 saturated carbocycles. The Hall–Kier alpha value is -1.21. The predicted octanol–water partition coefficient (Wildman–Crippen LogP) is 1.87. The maximum absolute atomic E-state index is 11.7. The van der Waals surface area contributed by atoms with E-state index in [1.165, 1.54) is 0 Å². The van der Waals surface area contributed by atoms with Crippen LogP contribution >= 0.6 is 11.6 Å². The van der Waals surface area contributed by atoms with E-state index in [4.69, 9.17) is 16.9 Å². The van der Waals surface area contributed by atoms with Crippen molar-refractivity contribution in [3.63, 3.8) is 0 Å². The molecular formula is C13H20ClN3O. The van der Waals surface area contributed by atoms with Gasteiger partial charge in [-0.15, -0.1) is 11.6 Å². The van der Waals surface area contributed by atoms with Crippen molar-refractivity contribution in [1.29, 1.82) is 5.26 Å². The number of likely N-dealkylation sites (tertiary alicyclic amines) is 1. The summed E-state index contributed by atoms with van der Waals surface area (Å²) in [5.41, 5.74) is 0.180. The zero-order valence-electron chi connectivity index (χ0n) is 10.8. The first kappa shape index (κ1) is 14.8. The van der Waals surface area contributed by atoms with Gasteiger partial charge in [0.15, 0.2) is 0 Å². The Morgan fingerprint density at radius 2 is 2.22 bits per heavy atom. The first-order valence-corrected chi connectivity index (χ1v) is 6.91. The minimum atomic E-state index is -0.304. The van der Waals surface area contributed by atoms with E-state index in [1.54, 1.807) is 6.20 Å². The SMILES string of the molecule is CC1CCN(/C=C(/C#N)C(=O)NCCCCl)CC1. The predicted molar refractivity (Wildman–Crippen MR) is 72.0 cm³/mol. The van der Waals surface area contributed by atoms with Crippen molar-refractivity contribution < 1.29 is 4.79 Å². The van der Waals surface area contributed by atoms with Crippen LogP contribution in [0, 0.1) is 17.2 Å². The summed E-state index contributed by atoms with van der Waals surface area (Å²) < 4.78 is 0. The molecule has 0 aromatic heterocycles. The number of hydrogen-bond acceptors (Lipinski definition) is 3. The summed E-state index contributed by atoms with van der Waals surface area (Å²) >= 11 is 5.53. The standard InChI is InChI=1S/C13H20ClN3O/c1-11-3-7-17(8-4-11)10-12(9-15)13(18)16-6-2-5-14/h10-11H,2-8H2,1H3,(H,16,18)/b12-10-. The third-order valence-electron chi connectivity index (χ3n) is 3.09. The second kappa shape index (κ2) is 7.99. The molecule has 0 unspecified atom stereocenters. The molecule has 1 heterocycles. The van der Waals surface area contributed by atoms with Gasteiger partial charge >= 0.3 is 0 Å². The van der Waals surface area contributed by atoms with Crippen molar-refractivity contribution in [2.24, 2.45) is 5.92 Å². The summed E-state index contributed by atoms with van der Waals surface area (Å²) in [6.07, 6.45) is 4.63. The number of nitrogens with zero attached hydrogens (tertiary/aromatic N) is 2.